The second-order valence-electron chi connectivity index (χ2n) is 7.11. The normalized spacial score (nSPS) is 14.8. The summed E-state index contributed by atoms with van der Waals surface area (Å²) in [6, 6.07) is 24.7. The first-order valence-electron chi connectivity index (χ1n) is 10.0. The predicted molar refractivity (Wildman–Crippen MR) is 116 cm³/mol. The molecule has 1 saturated heterocycles. The fraction of sp³-hybridized carbons (Fsp3) is 0.125. The molecule has 1 atom stereocenters. The molecule has 8 heteroatoms. The highest BCUT2D eigenvalue weighted by Crippen LogP contribution is 2.29. The lowest BCUT2D eigenvalue weighted by atomic mass is 10.2. The number of benzene rings is 3. The van der Waals surface area contributed by atoms with E-state index in [0.29, 0.717) is 6.61 Å². The molecule has 0 saturated carbocycles. The molecule has 0 radical (unpaired) electrons. The highest BCUT2D eigenvalue weighted by atomic mass is 28.4. The summed E-state index contributed by atoms with van der Waals surface area (Å²) in [5, 5.41) is 0. The number of rotatable bonds is 8. The Bertz CT molecular complexity index is 953. The number of ether oxygens (including phenoxy) is 1. The molecular weight excluding hydrogens is 428 g/mol. The van der Waals surface area contributed by atoms with E-state index in [1.165, 1.54) is 0 Å². The van der Waals surface area contributed by atoms with Gasteiger partial charge >= 0.3 is 26.7 Å². The largest absolute Gasteiger partial charge is 0.708 e. The van der Waals surface area contributed by atoms with Crippen LogP contribution in [-0.4, -0.2) is 39.4 Å². The zero-order valence-electron chi connectivity index (χ0n) is 17.0. The van der Waals surface area contributed by atoms with Gasteiger partial charge in [0.1, 0.15) is 0 Å². The molecule has 0 amide bonds. The number of epoxide rings is 1. The Balaban J connectivity index is 1.66. The zero-order chi connectivity index (χ0) is 22.4. The second-order valence-corrected chi connectivity index (χ2v) is 9.50. The van der Waals surface area contributed by atoms with Gasteiger partial charge in [0.15, 0.2) is 0 Å². The van der Waals surface area contributed by atoms with Gasteiger partial charge in [-0.1, -0.05) is 54.6 Å². The predicted octanol–water partition coefficient (Wildman–Crippen LogP) is 3.90. The summed E-state index contributed by atoms with van der Waals surface area (Å²) in [7, 11) is -4.21. The van der Waals surface area contributed by atoms with Crippen LogP contribution in [0.2, 0.25) is 6.04 Å². The number of carbonyl (C=O) groups excluding carboxylic acids is 3. The highest BCUT2D eigenvalue weighted by Gasteiger charge is 2.57. The maximum Gasteiger partial charge on any atom is 0.708 e. The monoisotopic (exact) mass is 448 g/mol. The van der Waals surface area contributed by atoms with Crippen LogP contribution in [0.15, 0.2) is 91.0 Å². The Kier molecular flexibility index (Phi) is 6.43. The van der Waals surface area contributed by atoms with Gasteiger partial charge in [-0.3, -0.25) is 0 Å². The van der Waals surface area contributed by atoms with Gasteiger partial charge in [0, 0.05) is 0 Å². The van der Waals surface area contributed by atoms with Gasteiger partial charge in [-0.15, -0.1) is 0 Å². The summed E-state index contributed by atoms with van der Waals surface area (Å²) in [5.74, 6) is -2.25. The Morgan fingerprint density at radius 3 is 1.25 bits per heavy atom. The van der Waals surface area contributed by atoms with Crippen molar-refractivity contribution in [1.29, 1.82) is 0 Å². The quantitative estimate of drug-likeness (QED) is 0.381. The molecule has 1 aliphatic rings. The smallest absolute Gasteiger partial charge is 0.451 e. The molecule has 0 spiro atoms. The summed E-state index contributed by atoms with van der Waals surface area (Å²) in [5.41, 5.74) is 0.729. The first-order chi connectivity index (χ1) is 15.5. The molecule has 162 valence electrons. The number of hydrogen-bond donors (Lipinski definition) is 0. The molecule has 1 heterocycles. The van der Waals surface area contributed by atoms with Crippen LogP contribution in [0.5, 0.6) is 0 Å². The average molecular weight is 449 g/mol. The van der Waals surface area contributed by atoms with Gasteiger partial charge in [0.2, 0.25) is 0 Å². The third kappa shape index (κ3) is 5.48. The molecule has 1 fully saturated rings. The maximum absolute atomic E-state index is 12.9. The van der Waals surface area contributed by atoms with E-state index in [1.54, 1.807) is 91.0 Å². The Morgan fingerprint density at radius 2 is 0.969 bits per heavy atom. The average Bonchev–Trinajstić information content (AvgIpc) is 3.64. The van der Waals surface area contributed by atoms with Crippen molar-refractivity contribution in [2.24, 2.45) is 0 Å². The minimum Gasteiger partial charge on any atom is -0.451 e. The minimum absolute atomic E-state index is 0.0251. The second kappa shape index (κ2) is 9.59. The Hall–Kier alpha value is -3.75. The van der Waals surface area contributed by atoms with E-state index in [2.05, 4.69) is 0 Å². The lowest BCUT2D eigenvalue weighted by molar-refractivity contribution is 0.0317. The molecule has 0 aliphatic carbocycles. The third-order valence-corrected chi connectivity index (χ3v) is 7.10. The Labute approximate surface area is 185 Å². The topological polar surface area (TPSA) is 91.4 Å². The van der Waals surface area contributed by atoms with Crippen LogP contribution in [0.3, 0.4) is 0 Å². The van der Waals surface area contributed by atoms with Gasteiger partial charge in [0.05, 0.1) is 35.4 Å². The summed E-state index contributed by atoms with van der Waals surface area (Å²) in [4.78, 5) is 38.7. The first kappa shape index (κ1) is 21.5. The lowest BCUT2D eigenvalue weighted by Gasteiger charge is -2.27. The van der Waals surface area contributed by atoms with E-state index in [-0.39, 0.29) is 28.8 Å². The van der Waals surface area contributed by atoms with E-state index >= 15 is 0 Å². The van der Waals surface area contributed by atoms with Gasteiger partial charge < -0.3 is 18.0 Å². The zero-order valence-corrected chi connectivity index (χ0v) is 18.0. The molecule has 0 aromatic heterocycles. The fourth-order valence-electron chi connectivity index (χ4n) is 2.98. The van der Waals surface area contributed by atoms with Crippen LogP contribution >= 0.6 is 0 Å². The molecule has 1 aliphatic heterocycles. The molecule has 7 nitrogen and oxygen atoms in total. The van der Waals surface area contributed by atoms with Crippen LogP contribution in [-0.2, 0) is 18.0 Å². The summed E-state index contributed by atoms with van der Waals surface area (Å²) in [6.07, 6.45) is -0.336. The summed E-state index contributed by atoms with van der Waals surface area (Å²) < 4.78 is 22.4. The van der Waals surface area contributed by atoms with E-state index in [4.69, 9.17) is 18.0 Å². The lowest BCUT2D eigenvalue weighted by Crippen LogP contribution is -2.51. The molecule has 0 bridgehead atoms. The van der Waals surface area contributed by atoms with E-state index in [1.807, 2.05) is 0 Å². The SMILES string of the molecule is O=C(O[Si](CC1CO1)(OC(=O)c1ccccc1)OC(=O)c1ccccc1)c1ccccc1. The van der Waals surface area contributed by atoms with Crippen molar-refractivity contribution in [1.82, 2.24) is 0 Å². The molecule has 0 N–H and O–H groups in total. The van der Waals surface area contributed by atoms with E-state index in [0.717, 1.165) is 0 Å². The number of hydrogen-bond acceptors (Lipinski definition) is 7. The van der Waals surface area contributed by atoms with Crippen LogP contribution in [0.1, 0.15) is 31.1 Å². The van der Waals surface area contributed by atoms with Gasteiger partial charge in [0.25, 0.3) is 0 Å². The van der Waals surface area contributed by atoms with E-state index < -0.39 is 26.7 Å². The van der Waals surface area contributed by atoms with Crippen molar-refractivity contribution < 1.29 is 32.4 Å². The van der Waals surface area contributed by atoms with Crippen molar-refractivity contribution in [2.45, 2.75) is 12.1 Å². The minimum atomic E-state index is -4.21. The summed E-state index contributed by atoms with van der Waals surface area (Å²) in [6.45, 7) is 0.392. The van der Waals surface area contributed by atoms with Gasteiger partial charge in [-0.25, -0.2) is 14.4 Å². The van der Waals surface area contributed by atoms with Crippen molar-refractivity contribution in [3.63, 3.8) is 0 Å². The van der Waals surface area contributed by atoms with Crippen molar-refractivity contribution in [3.8, 4) is 0 Å². The molecule has 4 rings (SSSR count). The van der Waals surface area contributed by atoms with Crippen molar-refractivity contribution in [3.05, 3.63) is 108 Å². The highest BCUT2D eigenvalue weighted by molar-refractivity contribution is 6.66. The fourth-order valence-corrected chi connectivity index (χ4v) is 5.34. The van der Waals surface area contributed by atoms with Crippen LogP contribution in [0.4, 0.5) is 0 Å². The molecular formula is C24H20O7Si. The number of carbonyl (C=O) groups is 3. The van der Waals surface area contributed by atoms with E-state index in [9.17, 15) is 14.4 Å². The van der Waals surface area contributed by atoms with Crippen LogP contribution < -0.4 is 0 Å². The summed E-state index contributed by atoms with van der Waals surface area (Å²) >= 11 is 0. The maximum atomic E-state index is 12.9. The van der Waals surface area contributed by atoms with Crippen molar-refractivity contribution >= 4 is 26.7 Å². The molecule has 32 heavy (non-hydrogen) atoms. The van der Waals surface area contributed by atoms with Crippen LogP contribution in [0.25, 0.3) is 0 Å². The molecule has 3 aromatic carbocycles. The standard InChI is InChI=1S/C24H20O7Si/c25-22(18-10-4-1-5-11-18)29-32(17-21-16-28-21,30-23(26)19-12-6-2-7-13-19)31-24(27)20-14-8-3-9-15-20/h1-15,21H,16-17H2. The third-order valence-electron chi connectivity index (χ3n) is 4.65. The first-order valence-corrected chi connectivity index (χ1v) is 11.9. The molecule has 3 aromatic rings. The van der Waals surface area contributed by atoms with Crippen LogP contribution in [0, 0.1) is 0 Å². The van der Waals surface area contributed by atoms with Crippen molar-refractivity contribution in [2.75, 3.05) is 6.61 Å². The molecule has 1 unspecified atom stereocenters. The van der Waals surface area contributed by atoms with Gasteiger partial charge in [-0.2, -0.15) is 0 Å². The van der Waals surface area contributed by atoms with Gasteiger partial charge in [-0.05, 0) is 36.4 Å². The Morgan fingerprint density at radius 1 is 0.656 bits per heavy atom.